The number of aryl methyl sites for hydroxylation is 1. The number of nitrogens with zero attached hydrogens (tertiary/aromatic N) is 2. The highest BCUT2D eigenvalue weighted by Crippen LogP contribution is 2.28. The maximum atomic E-state index is 12.6. The highest BCUT2D eigenvalue weighted by molar-refractivity contribution is 7.99. The summed E-state index contributed by atoms with van der Waals surface area (Å²) in [5.74, 6) is 1.06. The first-order valence-corrected chi connectivity index (χ1v) is 11.1. The number of hydrogen-bond donors (Lipinski definition) is 1. The van der Waals surface area contributed by atoms with Gasteiger partial charge < -0.3 is 5.32 Å². The lowest BCUT2D eigenvalue weighted by atomic mass is 9.86. The van der Waals surface area contributed by atoms with Crippen molar-refractivity contribution in [3.8, 4) is 5.69 Å². The molecule has 0 aliphatic heterocycles. The van der Waals surface area contributed by atoms with E-state index in [0.717, 1.165) is 28.3 Å². The topological polar surface area (TPSA) is 46.9 Å². The molecular weight excluding hydrogens is 366 g/mol. The van der Waals surface area contributed by atoms with Crippen LogP contribution in [0.15, 0.2) is 53.7 Å². The Kier molecular flexibility index (Phi) is 5.72. The minimum absolute atomic E-state index is 0.103. The third kappa shape index (κ3) is 4.09. The molecule has 2 atom stereocenters. The molecule has 3 aromatic rings. The van der Waals surface area contributed by atoms with Crippen LogP contribution in [0.1, 0.15) is 38.2 Å². The van der Waals surface area contributed by atoms with E-state index in [4.69, 9.17) is 4.98 Å². The molecule has 4 nitrogen and oxygen atoms in total. The minimum atomic E-state index is 0.103. The van der Waals surface area contributed by atoms with Gasteiger partial charge in [0, 0.05) is 11.7 Å². The van der Waals surface area contributed by atoms with Gasteiger partial charge in [0.15, 0.2) is 5.16 Å². The standard InChI is InChI=1S/C23H27N3OS/c1-16-11-13-18(14-12-16)26-21-10-6-5-9-20(21)25-23(26)28-15-22(27)24-19-8-4-3-7-17(19)2/h5-6,9-14,17,19H,3-4,7-8,15H2,1-2H3,(H,24,27)/t17-,19+/m0/s1. The number of imidazole rings is 1. The molecule has 1 aliphatic carbocycles. The Morgan fingerprint density at radius 2 is 1.89 bits per heavy atom. The molecule has 0 unspecified atom stereocenters. The van der Waals surface area contributed by atoms with Crippen molar-refractivity contribution < 1.29 is 4.79 Å². The van der Waals surface area contributed by atoms with E-state index < -0.39 is 0 Å². The van der Waals surface area contributed by atoms with Crippen molar-refractivity contribution in [3.05, 3.63) is 54.1 Å². The second kappa shape index (κ2) is 8.39. The summed E-state index contributed by atoms with van der Waals surface area (Å²) in [7, 11) is 0. The van der Waals surface area contributed by atoms with E-state index in [1.165, 1.54) is 36.6 Å². The van der Waals surface area contributed by atoms with E-state index in [0.29, 0.717) is 17.7 Å². The fourth-order valence-corrected chi connectivity index (χ4v) is 4.79. The number of nitrogens with one attached hydrogen (secondary N) is 1. The lowest BCUT2D eigenvalue weighted by Crippen LogP contribution is -2.41. The van der Waals surface area contributed by atoms with E-state index in [9.17, 15) is 4.79 Å². The quantitative estimate of drug-likeness (QED) is 0.612. The Morgan fingerprint density at radius 1 is 1.14 bits per heavy atom. The molecule has 28 heavy (non-hydrogen) atoms. The molecule has 0 spiro atoms. The molecule has 146 valence electrons. The number of amides is 1. The van der Waals surface area contributed by atoms with Crippen LogP contribution in [0.25, 0.3) is 16.7 Å². The van der Waals surface area contributed by atoms with Crippen molar-refractivity contribution in [2.24, 2.45) is 5.92 Å². The van der Waals surface area contributed by atoms with Gasteiger partial charge in [0.1, 0.15) is 0 Å². The lowest BCUT2D eigenvalue weighted by molar-refractivity contribution is -0.119. The minimum Gasteiger partial charge on any atom is -0.352 e. The van der Waals surface area contributed by atoms with Crippen LogP contribution in [0.2, 0.25) is 0 Å². The van der Waals surface area contributed by atoms with Crippen LogP contribution < -0.4 is 5.32 Å². The highest BCUT2D eigenvalue weighted by Gasteiger charge is 2.23. The summed E-state index contributed by atoms with van der Waals surface area (Å²) in [6.07, 6.45) is 4.80. The van der Waals surface area contributed by atoms with Gasteiger partial charge in [-0.1, -0.05) is 61.4 Å². The van der Waals surface area contributed by atoms with Gasteiger partial charge in [-0.3, -0.25) is 9.36 Å². The third-order valence-electron chi connectivity index (χ3n) is 5.61. The first-order valence-electron chi connectivity index (χ1n) is 10.1. The maximum absolute atomic E-state index is 12.6. The molecular formula is C23H27N3OS. The molecule has 0 radical (unpaired) electrons. The maximum Gasteiger partial charge on any atom is 0.230 e. The highest BCUT2D eigenvalue weighted by atomic mass is 32.2. The molecule has 1 fully saturated rings. The van der Waals surface area contributed by atoms with Crippen molar-refractivity contribution in [1.29, 1.82) is 0 Å². The largest absolute Gasteiger partial charge is 0.352 e. The number of fused-ring (bicyclic) bond motifs is 1. The van der Waals surface area contributed by atoms with Gasteiger partial charge in [-0.2, -0.15) is 0 Å². The molecule has 4 rings (SSSR count). The molecule has 1 aliphatic rings. The summed E-state index contributed by atoms with van der Waals surface area (Å²) in [5, 5.41) is 4.10. The van der Waals surface area contributed by atoms with Crippen LogP contribution in [0.3, 0.4) is 0 Å². The summed E-state index contributed by atoms with van der Waals surface area (Å²) in [4.78, 5) is 17.4. The number of thioether (sulfide) groups is 1. The molecule has 2 aromatic carbocycles. The van der Waals surface area contributed by atoms with Gasteiger partial charge >= 0.3 is 0 Å². The zero-order chi connectivity index (χ0) is 19.5. The summed E-state index contributed by atoms with van der Waals surface area (Å²) >= 11 is 1.51. The molecule has 1 heterocycles. The van der Waals surface area contributed by atoms with Crippen LogP contribution in [-0.2, 0) is 4.79 Å². The van der Waals surface area contributed by atoms with Crippen LogP contribution in [0, 0.1) is 12.8 Å². The Hall–Kier alpha value is -2.27. The average molecular weight is 394 g/mol. The normalized spacial score (nSPS) is 19.6. The molecule has 0 bridgehead atoms. The van der Waals surface area contributed by atoms with E-state index in [1.54, 1.807) is 0 Å². The molecule has 1 aromatic heterocycles. The predicted octanol–water partition coefficient (Wildman–Crippen LogP) is 5.12. The lowest BCUT2D eigenvalue weighted by Gasteiger charge is -2.29. The van der Waals surface area contributed by atoms with Crippen LogP contribution in [0.4, 0.5) is 0 Å². The monoisotopic (exact) mass is 393 g/mol. The van der Waals surface area contributed by atoms with E-state index in [1.807, 2.05) is 18.2 Å². The SMILES string of the molecule is Cc1ccc(-n2c(SCC(=O)N[C@@H]3CCCC[C@@H]3C)nc3ccccc32)cc1. The smallest absolute Gasteiger partial charge is 0.230 e. The predicted molar refractivity (Wildman–Crippen MR) is 116 cm³/mol. The number of carbonyl (C=O) groups excluding carboxylic acids is 1. The van der Waals surface area contributed by atoms with E-state index in [2.05, 4.69) is 54.1 Å². The summed E-state index contributed by atoms with van der Waals surface area (Å²) in [6.45, 7) is 4.33. The Balaban J connectivity index is 1.54. The number of benzene rings is 2. The van der Waals surface area contributed by atoms with Crippen LogP contribution in [-0.4, -0.2) is 27.3 Å². The molecule has 1 N–H and O–H groups in total. The van der Waals surface area contributed by atoms with Crippen molar-refractivity contribution >= 4 is 28.7 Å². The first kappa shape index (κ1) is 19.1. The van der Waals surface area contributed by atoms with Crippen molar-refractivity contribution in [2.45, 2.75) is 50.7 Å². The van der Waals surface area contributed by atoms with E-state index >= 15 is 0 Å². The van der Waals surface area contributed by atoms with Gasteiger partial charge in [0.2, 0.25) is 5.91 Å². The number of hydrogen-bond acceptors (Lipinski definition) is 3. The number of carbonyl (C=O) groups is 1. The Labute approximate surface area is 170 Å². The second-order valence-electron chi connectivity index (χ2n) is 7.78. The van der Waals surface area contributed by atoms with Crippen LogP contribution in [0.5, 0.6) is 0 Å². The fourth-order valence-electron chi connectivity index (χ4n) is 3.95. The van der Waals surface area contributed by atoms with Crippen LogP contribution >= 0.6 is 11.8 Å². The summed E-state index contributed by atoms with van der Waals surface area (Å²) in [5.41, 5.74) is 4.31. The Morgan fingerprint density at radius 3 is 2.68 bits per heavy atom. The van der Waals surface area contributed by atoms with Gasteiger partial charge in [0.25, 0.3) is 0 Å². The van der Waals surface area contributed by atoms with Gasteiger partial charge in [-0.15, -0.1) is 0 Å². The third-order valence-corrected chi connectivity index (χ3v) is 6.55. The zero-order valence-corrected chi connectivity index (χ0v) is 17.3. The fraction of sp³-hybridized carbons (Fsp3) is 0.391. The number of aromatic nitrogens is 2. The first-order chi connectivity index (χ1) is 13.6. The molecule has 5 heteroatoms. The second-order valence-corrected chi connectivity index (χ2v) is 8.72. The molecule has 1 amide bonds. The Bertz CT molecular complexity index is 964. The zero-order valence-electron chi connectivity index (χ0n) is 16.5. The summed E-state index contributed by atoms with van der Waals surface area (Å²) in [6, 6.07) is 16.9. The van der Waals surface area contributed by atoms with Gasteiger partial charge in [0.05, 0.1) is 16.8 Å². The van der Waals surface area contributed by atoms with Gasteiger partial charge in [-0.25, -0.2) is 4.98 Å². The van der Waals surface area contributed by atoms with E-state index in [-0.39, 0.29) is 5.91 Å². The average Bonchev–Trinajstić information content (AvgIpc) is 3.07. The molecule has 1 saturated carbocycles. The van der Waals surface area contributed by atoms with Crippen molar-refractivity contribution in [3.63, 3.8) is 0 Å². The van der Waals surface area contributed by atoms with Crippen molar-refractivity contribution in [2.75, 3.05) is 5.75 Å². The number of para-hydroxylation sites is 2. The number of rotatable bonds is 5. The molecule has 0 saturated heterocycles. The van der Waals surface area contributed by atoms with Gasteiger partial charge in [-0.05, 0) is 49.9 Å². The summed E-state index contributed by atoms with van der Waals surface area (Å²) < 4.78 is 2.15. The van der Waals surface area contributed by atoms with Crippen molar-refractivity contribution in [1.82, 2.24) is 14.9 Å².